The lowest BCUT2D eigenvalue weighted by Gasteiger charge is -2.23. The van der Waals surface area contributed by atoms with Crippen LogP contribution >= 0.6 is 0 Å². The van der Waals surface area contributed by atoms with Crippen LogP contribution in [0.4, 0.5) is 0 Å². The van der Waals surface area contributed by atoms with Crippen LogP contribution in [0, 0.1) is 0 Å². The number of amides is 1. The first-order valence-corrected chi connectivity index (χ1v) is 11.3. The van der Waals surface area contributed by atoms with Gasteiger partial charge in [-0.2, -0.15) is 0 Å². The molecule has 1 aliphatic rings. The summed E-state index contributed by atoms with van der Waals surface area (Å²) in [4.78, 5) is 35.0. The van der Waals surface area contributed by atoms with Crippen molar-refractivity contribution in [3.63, 3.8) is 0 Å². The Hall–Kier alpha value is -3.93. The summed E-state index contributed by atoms with van der Waals surface area (Å²) in [5.41, 5.74) is 4.09. The van der Waals surface area contributed by atoms with Gasteiger partial charge in [-0.05, 0) is 48.1 Å². The van der Waals surface area contributed by atoms with Crippen molar-refractivity contribution in [2.24, 2.45) is 0 Å². The van der Waals surface area contributed by atoms with Crippen molar-refractivity contribution in [1.82, 2.24) is 14.9 Å². The number of imidazole rings is 1. The third-order valence-corrected chi connectivity index (χ3v) is 6.16. The molecule has 6 nitrogen and oxygen atoms in total. The molecule has 1 saturated heterocycles. The number of carbonyl (C=O) groups is 2. The molecule has 3 heterocycles. The Morgan fingerprint density at radius 2 is 1.79 bits per heavy atom. The number of nitrogens with one attached hydrogen (secondary N) is 1. The molecule has 1 amide bonds. The Morgan fingerprint density at radius 3 is 2.55 bits per heavy atom. The molecule has 1 atom stereocenters. The van der Waals surface area contributed by atoms with Crippen LogP contribution in [-0.2, 0) is 11.2 Å². The molecule has 0 spiro atoms. The van der Waals surface area contributed by atoms with Crippen molar-refractivity contribution >= 4 is 11.7 Å². The molecule has 2 aromatic heterocycles. The van der Waals surface area contributed by atoms with E-state index in [0.29, 0.717) is 37.3 Å². The molecule has 5 rings (SSSR count). The minimum Gasteiger partial charge on any atom is -0.463 e. The van der Waals surface area contributed by atoms with Crippen molar-refractivity contribution in [2.45, 2.75) is 31.7 Å². The maximum Gasteiger partial charge on any atom is 0.223 e. The molecular weight excluding hydrogens is 414 g/mol. The van der Waals surface area contributed by atoms with Crippen LogP contribution < -0.4 is 0 Å². The largest absolute Gasteiger partial charge is 0.463 e. The minimum atomic E-state index is -0.464. The molecule has 0 radical (unpaired) electrons. The highest BCUT2D eigenvalue weighted by Gasteiger charge is 2.35. The van der Waals surface area contributed by atoms with Crippen LogP contribution in [-0.4, -0.2) is 39.1 Å². The van der Waals surface area contributed by atoms with E-state index in [1.807, 2.05) is 18.2 Å². The molecule has 0 unspecified atom stereocenters. The summed E-state index contributed by atoms with van der Waals surface area (Å²) in [6.45, 7) is 0.605. The number of hydrogen-bond donors (Lipinski definition) is 1. The fourth-order valence-electron chi connectivity index (χ4n) is 4.39. The average molecular weight is 440 g/mol. The van der Waals surface area contributed by atoms with Gasteiger partial charge < -0.3 is 14.3 Å². The zero-order valence-electron chi connectivity index (χ0n) is 18.2. The van der Waals surface area contributed by atoms with Crippen molar-refractivity contribution in [2.75, 3.05) is 6.54 Å². The first kappa shape index (κ1) is 20.9. The predicted molar refractivity (Wildman–Crippen MR) is 126 cm³/mol. The topological polar surface area (TPSA) is 79.2 Å². The summed E-state index contributed by atoms with van der Waals surface area (Å²) in [6.07, 6.45) is 5.67. The van der Waals surface area contributed by atoms with Gasteiger partial charge in [0, 0.05) is 13.0 Å². The summed E-state index contributed by atoms with van der Waals surface area (Å²) < 4.78 is 5.36. The molecule has 0 bridgehead atoms. The van der Waals surface area contributed by atoms with Gasteiger partial charge in [0.2, 0.25) is 11.7 Å². The summed E-state index contributed by atoms with van der Waals surface area (Å²) >= 11 is 0. The fraction of sp³-hybridized carbons (Fsp3) is 0.222. The minimum absolute atomic E-state index is 0.0100. The van der Waals surface area contributed by atoms with Gasteiger partial charge in [-0.15, -0.1) is 0 Å². The number of likely N-dealkylation sites (tertiary alicyclic amines) is 1. The van der Waals surface area contributed by atoms with E-state index in [4.69, 9.17) is 4.42 Å². The van der Waals surface area contributed by atoms with Gasteiger partial charge in [0.25, 0.3) is 0 Å². The third kappa shape index (κ3) is 4.51. The smallest absolute Gasteiger partial charge is 0.223 e. The molecule has 0 aliphatic carbocycles. The number of aryl methyl sites for hydroxylation is 1. The molecular formula is C27H25N3O3. The number of Topliss-reactive ketones (excluding diaryl/α,β-unsaturated/α-hetero) is 1. The van der Waals surface area contributed by atoms with Crippen molar-refractivity contribution in [3.8, 4) is 22.6 Å². The van der Waals surface area contributed by atoms with Gasteiger partial charge in [0.1, 0.15) is 5.69 Å². The maximum absolute atomic E-state index is 13.1. The SMILES string of the molecule is O=C(c1ncc(-c2ccco2)[nH]1)[C@@H]1CCCN1C(=O)CCc1ccc(-c2ccccc2)cc1. The fourth-order valence-corrected chi connectivity index (χ4v) is 4.39. The number of H-pyrrole nitrogens is 1. The first-order valence-electron chi connectivity index (χ1n) is 11.3. The van der Waals surface area contributed by atoms with E-state index in [0.717, 1.165) is 17.5 Å². The van der Waals surface area contributed by atoms with Gasteiger partial charge in [0.15, 0.2) is 11.6 Å². The number of carbonyl (C=O) groups excluding carboxylic acids is 2. The maximum atomic E-state index is 13.1. The van der Waals surface area contributed by atoms with Crippen molar-refractivity contribution < 1.29 is 14.0 Å². The van der Waals surface area contributed by atoms with E-state index in [2.05, 4.69) is 46.4 Å². The Labute approximate surface area is 192 Å². The Bertz CT molecular complexity index is 1230. The molecule has 1 aliphatic heterocycles. The van der Waals surface area contributed by atoms with Crippen LogP contribution in [0.1, 0.15) is 35.4 Å². The van der Waals surface area contributed by atoms with Crippen LogP contribution in [0.3, 0.4) is 0 Å². The molecule has 2 aromatic carbocycles. The Morgan fingerprint density at radius 1 is 1.00 bits per heavy atom. The zero-order valence-corrected chi connectivity index (χ0v) is 18.2. The Balaban J connectivity index is 1.21. The van der Waals surface area contributed by atoms with Gasteiger partial charge >= 0.3 is 0 Å². The van der Waals surface area contributed by atoms with Crippen molar-refractivity contribution in [3.05, 3.63) is 90.6 Å². The van der Waals surface area contributed by atoms with E-state index in [1.165, 1.54) is 5.56 Å². The number of hydrogen-bond acceptors (Lipinski definition) is 4. The highest BCUT2D eigenvalue weighted by Crippen LogP contribution is 2.24. The van der Waals surface area contributed by atoms with Gasteiger partial charge in [0.05, 0.1) is 18.5 Å². The normalized spacial score (nSPS) is 15.6. The lowest BCUT2D eigenvalue weighted by molar-refractivity contribution is -0.131. The first-order chi connectivity index (χ1) is 16.2. The van der Waals surface area contributed by atoms with E-state index in [-0.39, 0.29) is 17.5 Å². The van der Waals surface area contributed by atoms with Gasteiger partial charge in [-0.1, -0.05) is 54.6 Å². The molecule has 33 heavy (non-hydrogen) atoms. The second kappa shape index (κ2) is 9.28. The number of benzene rings is 2. The van der Waals surface area contributed by atoms with Crippen LogP contribution in [0.5, 0.6) is 0 Å². The van der Waals surface area contributed by atoms with Gasteiger partial charge in [-0.3, -0.25) is 9.59 Å². The second-order valence-electron chi connectivity index (χ2n) is 8.30. The number of nitrogens with zero attached hydrogens (tertiary/aromatic N) is 2. The number of aromatic amines is 1. The molecule has 166 valence electrons. The summed E-state index contributed by atoms with van der Waals surface area (Å²) in [6, 6.07) is 21.7. The molecule has 0 saturated carbocycles. The zero-order chi connectivity index (χ0) is 22.6. The van der Waals surface area contributed by atoms with Crippen LogP contribution in [0.25, 0.3) is 22.6 Å². The van der Waals surface area contributed by atoms with E-state index >= 15 is 0 Å². The lowest BCUT2D eigenvalue weighted by Crippen LogP contribution is -2.41. The molecule has 1 fully saturated rings. The monoisotopic (exact) mass is 439 g/mol. The standard InChI is InChI=1S/C27H25N3O3/c31-25(15-12-19-10-13-21(14-11-19)20-6-2-1-3-7-20)30-16-4-8-23(30)26(32)27-28-18-22(29-27)24-9-5-17-33-24/h1-3,5-7,9-11,13-14,17-18,23H,4,8,12,15-16H2,(H,28,29)/t23-/m0/s1. The van der Waals surface area contributed by atoms with E-state index < -0.39 is 6.04 Å². The predicted octanol–water partition coefficient (Wildman–Crippen LogP) is 5.14. The lowest BCUT2D eigenvalue weighted by atomic mass is 10.0. The number of ketones is 1. The quantitative estimate of drug-likeness (QED) is 0.404. The van der Waals surface area contributed by atoms with Crippen LogP contribution in [0.2, 0.25) is 0 Å². The Kier molecular flexibility index (Phi) is 5.89. The summed E-state index contributed by atoms with van der Waals surface area (Å²) in [5, 5.41) is 0. The third-order valence-electron chi connectivity index (χ3n) is 6.16. The second-order valence-corrected chi connectivity index (χ2v) is 8.30. The average Bonchev–Trinajstić information content (AvgIpc) is 3.64. The molecule has 6 heteroatoms. The number of aromatic nitrogens is 2. The summed E-state index contributed by atoms with van der Waals surface area (Å²) in [5.74, 6) is 0.753. The van der Waals surface area contributed by atoms with Crippen LogP contribution in [0.15, 0.2) is 83.6 Å². The highest BCUT2D eigenvalue weighted by atomic mass is 16.3. The summed E-state index contributed by atoms with van der Waals surface area (Å²) in [7, 11) is 0. The van der Waals surface area contributed by atoms with E-state index in [1.54, 1.807) is 29.5 Å². The number of furan rings is 1. The highest BCUT2D eigenvalue weighted by molar-refractivity contribution is 5.99. The van der Waals surface area contributed by atoms with Gasteiger partial charge in [-0.25, -0.2) is 4.98 Å². The van der Waals surface area contributed by atoms with Crippen molar-refractivity contribution in [1.29, 1.82) is 0 Å². The molecule has 4 aromatic rings. The number of rotatable bonds is 7. The molecule has 1 N–H and O–H groups in total. The van der Waals surface area contributed by atoms with E-state index in [9.17, 15) is 9.59 Å².